The monoisotopic (exact) mass is 356 g/mol. The molecule has 0 radical (unpaired) electrons. The van der Waals surface area contributed by atoms with Crippen molar-refractivity contribution in [3.8, 4) is 11.1 Å². The number of hydrogen-bond acceptors (Lipinski definition) is 1. The van der Waals surface area contributed by atoms with Gasteiger partial charge >= 0.3 is 6.18 Å². The first-order chi connectivity index (χ1) is 10.6. The van der Waals surface area contributed by atoms with E-state index in [2.05, 4.69) is 0 Å². The van der Waals surface area contributed by atoms with Crippen LogP contribution in [0.5, 0.6) is 0 Å². The molecule has 9 heteroatoms. The number of rotatable bonds is 2. The molecule has 122 valence electrons. The molecule has 0 N–H and O–H groups in total. The Morgan fingerprint density at radius 2 is 1.43 bits per heavy atom. The van der Waals surface area contributed by atoms with Gasteiger partial charge in [0.1, 0.15) is 5.56 Å². The van der Waals surface area contributed by atoms with Crippen LogP contribution in [0.1, 0.15) is 15.9 Å². The first kappa shape index (κ1) is 17.3. The average Bonchev–Trinajstić information content (AvgIpc) is 2.45. The Balaban J connectivity index is 2.78. The van der Waals surface area contributed by atoms with Gasteiger partial charge in [0.2, 0.25) is 0 Å². The first-order valence-electron chi connectivity index (χ1n) is 5.79. The van der Waals surface area contributed by atoms with Crippen LogP contribution in [0.4, 0.5) is 30.7 Å². The lowest BCUT2D eigenvalue weighted by Gasteiger charge is -2.12. The van der Waals surface area contributed by atoms with Crippen LogP contribution in [-0.4, -0.2) is 5.24 Å². The molecule has 0 saturated heterocycles. The predicted molar refractivity (Wildman–Crippen MR) is 66.9 cm³/mol. The van der Waals surface area contributed by atoms with Gasteiger partial charge in [-0.25, -0.2) is 17.6 Å². The molecule has 0 atom stereocenters. The molecule has 0 aliphatic carbocycles. The van der Waals surface area contributed by atoms with E-state index in [1.165, 1.54) is 0 Å². The van der Waals surface area contributed by atoms with Crippen LogP contribution in [-0.2, 0) is 6.18 Å². The van der Waals surface area contributed by atoms with Crippen molar-refractivity contribution in [2.45, 2.75) is 6.18 Å². The minimum absolute atomic E-state index is 0.322. The quantitative estimate of drug-likeness (QED) is 0.405. The van der Waals surface area contributed by atoms with E-state index in [1.54, 1.807) is 0 Å². The SMILES string of the molecule is O=C(Cl)c1c(F)c(F)c(-c2cccc(C(F)(F)F)c2)c(F)c1F. The normalized spacial score (nSPS) is 11.7. The standard InChI is InChI=1S/C14H4ClF7O/c15-13(23)8-11(18)9(16)7(10(17)12(8)19)5-2-1-3-6(4-5)14(20,21)22/h1-4H. The molecule has 2 rings (SSSR count). The molecule has 0 amide bonds. The fraction of sp³-hybridized carbons (Fsp3) is 0.0714. The number of carbonyl (C=O) groups excluding carboxylic acids is 1. The van der Waals surface area contributed by atoms with Crippen molar-refractivity contribution >= 4 is 16.8 Å². The smallest absolute Gasteiger partial charge is 0.275 e. The third kappa shape index (κ3) is 3.03. The third-order valence-electron chi connectivity index (χ3n) is 2.94. The largest absolute Gasteiger partial charge is 0.416 e. The topological polar surface area (TPSA) is 17.1 Å². The van der Waals surface area contributed by atoms with E-state index in [4.69, 9.17) is 11.6 Å². The first-order valence-corrected chi connectivity index (χ1v) is 6.17. The van der Waals surface area contributed by atoms with Crippen LogP contribution >= 0.6 is 11.6 Å². The zero-order valence-corrected chi connectivity index (χ0v) is 11.5. The van der Waals surface area contributed by atoms with Crippen LogP contribution < -0.4 is 0 Å². The van der Waals surface area contributed by atoms with Gasteiger partial charge in [-0.1, -0.05) is 12.1 Å². The molecule has 0 fully saturated rings. The highest BCUT2D eigenvalue weighted by atomic mass is 35.5. The summed E-state index contributed by atoms with van der Waals surface area (Å²) >= 11 is 4.84. The highest BCUT2D eigenvalue weighted by Gasteiger charge is 2.33. The molecule has 0 aromatic heterocycles. The summed E-state index contributed by atoms with van der Waals surface area (Å²) < 4.78 is 93.0. The van der Waals surface area contributed by atoms with Crippen molar-refractivity contribution in [2.75, 3.05) is 0 Å². The molecular formula is C14H4ClF7O. The minimum atomic E-state index is -4.83. The Kier molecular flexibility index (Phi) is 4.39. The summed E-state index contributed by atoms with van der Waals surface area (Å²) in [5, 5.41) is -1.78. The van der Waals surface area contributed by atoms with Gasteiger partial charge in [0.15, 0.2) is 23.3 Å². The number of carbonyl (C=O) groups is 1. The zero-order chi connectivity index (χ0) is 17.5. The molecule has 0 bridgehead atoms. The number of hydrogen-bond donors (Lipinski definition) is 0. The Morgan fingerprint density at radius 3 is 1.87 bits per heavy atom. The molecule has 0 aliphatic rings. The fourth-order valence-electron chi connectivity index (χ4n) is 1.91. The Labute approximate surface area is 129 Å². The van der Waals surface area contributed by atoms with Gasteiger partial charge in [-0.05, 0) is 29.3 Å². The molecule has 2 aromatic carbocycles. The molecule has 0 heterocycles. The van der Waals surface area contributed by atoms with Crippen LogP contribution in [0, 0.1) is 23.3 Å². The van der Waals surface area contributed by atoms with Gasteiger partial charge in [-0.3, -0.25) is 4.79 Å². The zero-order valence-electron chi connectivity index (χ0n) is 10.7. The summed E-state index contributed by atoms with van der Waals surface area (Å²) in [6.45, 7) is 0. The molecule has 0 spiro atoms. The number of benzene rings is 2. The Morgan fingerprint density at radius 1 is 0.913 bits per heavy atom. The lowest BCUT2D eigenvalue weighted by molar-refractivity contribution is -0.137. The highest BCUT2D eigenvalue weighted by molar-refractivity contribution is 6.67. The number of alkyl halides is 3. The molecule has 23 heavy (non-hydrogen) atoms. The van der Waals surface area contributed by atoms with E-state index in [0.29, 0.717) is 12.1 Å². The molecule has 0 aliphatic heterocycles. The van der Waals surface area contributed by atoms with Gasteiger partial charge in [0, 0.05) is 0 Å². The molecule has 1 nitrogen and oxygen atoms in total. The van der Waals surface area contributed by atoms with Crippen molar-refractivity contribution < 1.29 is 35.5 Å². The van der Waals surface area contributed by atoms with Crippen molar-refractivity contribution in [1.29, 1.82) is 0 Å². The van der Waals surface area contributed by atoms with Crippen LogP contribution in [0.15, 0.2) is 24.3 Å². The van der Waals surface area contributed by atoms with Crippen molar-refractivity contribution in [2.24, 2.45) is 0 Å². The maximum atomic E-state index is 13.9. The lowest BCUT2D eigenvalue weighted by atomic mass is 9.99. The summed E-state index contributed by atoms with van der Waals surface area (Å²) in [7, 11) is 0. The summed E-state index contributed by atoms with van der Waals surface area (Å²) in [4.78, 5) is 10.8. The summed E-state index contributed by atoms with van der Waals surface area (Å²) in [6, 6.07) is 2.58. The average molecular weight is 357 g/mol. The summed E-state index contributed by atoms with van der Waals surface area (Å²) in [5.74, 6) is -8.22. The van der Waals surface area contributed by atoms with Gasteiger partial charge in [-0.2, -0.15) is 13.2 Å². The van der Waals surface area contributed by atoms with E-state index in [9.17, 15) is 35.5 Å². The van der Waals surface area contributed by atoms with Gasteiger partial charge in [-0.15, -0.1) is 0 Å². The molecule has 0 unspecified atom stereocenters. The van der Waals surface area contributed by atoms with Gasteiger partial charge < -0.3 is 0 Å². The summed E-state index contributed by atoms with van der Waals surface area (Å²) in [6.07, 6.45) is -4.83. The second-order valence-corrected chi connectivity index (χ2v) is 4.70. The van der Waals surface area contributed by atoms with Crippen LogP contribution in [0.2, 0.25) is 0 Å². The highest BCUT2D eigenvalue weighted by Crippen LogP contribution is 2.36. The van der Waals surface area contributed by atoms with Gasteiger partial charge in [0.25, 0.3) is 5.24 Å². The maximum absolute atomic E-state index is 13.9. The minimum Gasteiger partial charge on any atom is -0.275 e. The maximum Gasteiger partial charge on any atom is 0.416 e. The Bertz CT molecular complexity index is 769. The van der Waals surface area contributed by atoms with Crippen LogP contribution in [0.25, 0.3) is 11.1 Å². The van der Waals surface area contributed by atoms with E-state index in [0.717, 1.165) is 12.1 Å². The second kappa shape index (κ2) is 5.84. The second-order valence-electron chi connectivity index (χ2n) is 4.36. The van der Waals surface area contributed by atoms with E-state index < -0.39 is 56.9 Å². The third-order valence-corrected chi connectivity index (χ3v) is 3.13. The lowest BCUT2D eigenvalue weighted by Crippen LogP contribution is -2.09. The van der Waals surface area contributed by atoms with E-state index >= 15 is 0 Å². The number of halogens is 8. The predicted octanol–water partition coefficient (Wildman–Crippen LogP) is 5.31. The molecular weight excluding hydrogens is 353 g/mol. The van der Waals surface area contributed by atoms with Crippen molar-refractivity contribution in [3.05, 3.63) is 58.7 Å². The summed E-state index contributed by atoms with van der Waals surface area (Å²) in [5.41, 5.74) is -5.04. The van der Waals surface area contributed by atoms with E-state index in [1.807, 2.05) is 0 Å². The van der Waals surface area contributed by atoms with E-state index in [-0.39, 0.29) is 0 Å². The Hall–Kier alpha value is -2.09. The van der Waals surface area contributed by atoms with Crippen molar-refractivity contribution in [3.63, 3.8) is 0 Å². The van der Waals surface area contributed by atoms with Crippen molar-refractivity contribution in [1.82, 2.24) is 0 Å². The van der Waals surface area contributed by atoms with Crippen LogP contribution in [0.3, 0.4) is 0 Å². The van der Waals surface area contributed by atoms with Gasteiger partial charge in [0.05, 0.1) is 11.1 Å². The molecule has 2 aromatic rings. The fourth-order valence-corrected chi connectivity index (χ4v) is 2.07. The molecule has 0 saturated carbocycles.